The number of nitrogens with zero attached hydrogens (tertiary/aromatic N) is 2. The van der Waals surface area contributed by atoms with Crippen molar-refractivity contribution < 1.29 is 4.79 Å². The van der Waals surface area contributed by atoms with E-state index >= 15 is 0 Å². The van der Waals surface area contributed by atoms with Crippen LogP contribution in [-0.2, 0) is 4.79 Å². The van der Waals surface area contributed by atoms with Gasteiger partial charge in [0.2, 0.25) is 5.91 Å². The molecule has 0 radical (unpaired) electrons. The number of unbranched alkanes of at least 4 members (excludes halogenated alkanes) is 2. The second-order valence-corrected chi connectivity index (χ2v) is 5.41. The van der Waals surface area contributed by atoms with E-state index in [9.17, 15) is 4.79 Å². The van der Waals surface area contributed by atoms with Crippen molar-refractivity contribution in [2.45, 2.75) is 26.2 Å². The van der Waals surface area contributed by atoms with Crippen LogP contribution in [0.4, 0.5) is 0 Å². The molecule has 0 aliphatic rings. The van der Waals surface area contributed by atoms with Crippen molar-refractivity contribution in [3.63, 3.8) is 0 Å². The molecular weight excluding hydrogens is 282 g/mol. The first-order valence-corrected chi connectivity index (χ1v) is 7.55. The van der Waals surface area contributed by atoms with Crippen LogP contribution < -0.4 is 5.32 Å². The standard InChI is InChI=1S/C13H16ClN3OS/c1-2-3-4-7-15-11(18)6-5-10-12(14)16-13-17(10)8-9-19-13/h5-6,8-9H,2-4,7H2,1H3,(H,15,18)/b6-5+. The number of hydrogen-bond donors (Lipinski definition) is 1. The van der Waals surface area contributed by atoms with Gasteiger partial charge in [0.05, 0.1) is 5.69 Å². The van der Waals surface area contributed by atoms with Crippen molar-refractivity contribution in [2.24, 2.45) is 0 Å². The first-order chi connectivity index (χ1) is 9.22. The highest BCUT2D eigenvalue weighted by atomic mass is 35.5. The molecular formula is C13H16ClN3OS. The molecule has 0 saturated carbocycles. The van der Waals surface area contributed by atoms with Crippen LogP contribution in [0.3, 0.4) is 0 Å². The number of hydrogen-bond acceptors (Lipinski definition) is 3. The van der Waals surface area contributed by atoms with Gasteiger partial charge in [-0.15, -0.1) is 11.3 Å². The molecule has 1 amide bonds. The molecule has 0 bridgehead atoms. The molecule has 0 aromatic carbocycles. The molecule has 19 heavy (non-hydrogen) atoms. The fourth-order valence-electron chi connectivity index (χ4n) is 1.73. The van der Waals surface area contributed by atoms with Crippen molar-refractivity contribution in [3.05, 3.63) is 28.5 Å². The first kappa shape index (κ1) is 14.1. The Morgan fingerprint density at radius 2 is 2.42 bits per heavy atom. The maximum absolute atomic E-state index is 11.6. The van der Waals surface area contributed by atoms with Gasteiger partial charge in [0.1, 0.15) is 0 Å². The molecule has 2 heterocycles. The highest BCUT2D eigenvalue weighted by molar-refractivity contribution is 7.15. The molecule has 0 aliphatic heterocycles. The van der Waals surface area contributed by atoms with Gasteiger partial charge in [-0.05, 0) is 12.5 Å². The second kappa shape index (κ2) is 6.73. The summed E-state index contributed by atoms with van der Waals surface area (Å²) in [7, 11) is 0. The van der Waals surface area contributed by atoms with Crippen LogP contribution in [0.5, 0.6) is 0 Å². The summed E-state index contributed by atoms with van der Waals surface area (Å²) in [5.41, 5.74) is 0.738. The topological polar surface area (TPSA) is 46.4 Å². The van der Waals surface area contributed by atoms with E-state index in [0.29, 0.717) is 11.7 Å². The van der Waals surface area contributed by atoms with E-state index in [4.69, 9.17) is 11.6 Å². The van der Waals surface area contributed by atoms with E-state index in [-0.39, 0.29) is 5.91 Å². The molecule has 0 atom stereocenters. The average Bonchev–Trinajstić information content (AvgIpc) is 2.93. The summed E-state index contributed by atoms with van der Waals surface area (Å²) < 4.78 is 1.87. The van der Waals surface area contributed by atoms with Crippen LogP contribution in [-0.4, -0.2) is 21.8 Å². The lowest BCUT2D eigenvalue weighted by molar-refractivity contribution is -0.116. The molecule has 0 aliphatic carbocycles. The number of carbonyl (C=O) groups is 1. The molecule has 102 valence electrons. The van der Waals surface area contributed by atoms with E-state index in [1.807, 2.05) is 16.0 Å². The van der Waals surface area contributed by atoms with Crippen LogP contribution in [0.15, 0.2) is 17.7 Å². The molecule has 1 N–H and O–H groups in total. The summed E-state index contributed by atoms with van der Waals surface area (Å²) in [4.78, 5) is 16.6. The molecule has 2 aromatic heterocycles. The van der Waals surface area contributed by atoms with Crippen molar-refractivity contribution in [3.8, 4) is 0 Å². The van der Waals surface area contributed by atoms with Gasteiger partial charge in [-0.3, -0.25) is 9.20 Å². The maximum atomic E-state index is 11.6. The van der Waals surface area contributed by atoms with Crippen molar-refractivity contribution in [1.29, 1.82) is 0 Å². The van der Waals surface area contributed by atoms with Gasteiger partial charge in [0.25, 0.3) is 0 Å². The fraction of sp³-hybridized carbons (Fsp3) is 0.385. The van der Waals surface area contributed by atoms with Gasteiger partial charge in [-0.1, -0.05) is 31.4 Å². The van der Waals surface area contributed by atoms with E-state index < -0.39 is 0 Å². The SMILES string of the molecule is CCCCCNC(=O)/C=C/c1c(Cl)nc2sccn12. The number of nitrogens with one attached hydrogen (secondary N) is 1. The van der Waals surface area contributed by atoms with Gasteiger partial charge in [-0.2, -0.15) is 0 Å². The minimum atomic E-state index is -0.0997. The van der Waals surface area contributed by atoms with Crippen LogP contribution in [0.1, 0.15) is 31.9 Å². The van der Waals surface area contributed by atoms with Crippen LogP contribution in [0.25, 0.3) is 11.0 Å². The summed E-state index contributed by atoms with van der Waals surface area (Å²) in [5, 5.41) is 5.20. The zero-order chi connectivity index (χ0) is 13.7. The Bertz CT molecular complexity index is 588. The maximum Gasteiger partial charge on any atom is 0.244 e. The van der Waals surface area contributed by atoms with Crippen LogP contribution in [0.2, 0.25) is 5.15 Å². The lowest BCUT2D eigenvalue weighted by atomic mass is 10.2. The summed E-state index contributed by atoms with van der Waals surface area (Å²) in [6.45, 7) is 2.85. The normalized spacial score (nSPS) is 11.5. The monoisotopic (exact) mass is 297 g/mol. The summed E-state index contributed by atoms with van der Waals surface area (Å²) in [6.07, 6.45) is 8.38. The molecule has 6 heteroatoms. The van der Waals surface area contributed by atoms with Crippen LogP contribution >= 0.6 is 22.9 Å². The van der Waals surface area contributed by atoms with Crippen molar-refractivity contribution >= 4 is 39.9 Å². The molecule has 0 saturated heterocycles. The zero-order valence-corrected chi connectivity index (χ0v) is 12.3. The Morgan fingerprint density at radius 3 is 3.21 bits per heavy atom. The quantitative estimate of drug-likeness (QED) is 0.656. The summed E-state index contributed by atoms with van der Waals surface area (Å²) in [6, 6.07) is 0. The molecule has 2 aromatic rings. The number of imidazole rings is 1. The number of halogens is 1. The largest absolute Gasteiger partial charge is 0.353 e. The Kier molecular flexibility index (Phi) is 4.99. The average molecular weight is 298 g/mol. The van der Waals surface area contributed by atoms with E-state index in [1.54, 1.807) is 6.08 Å². The van der Waals surface area contributed by atoms with Gasteiger partial charge in [0, 0.05) is 24.2 Å². The first-order valence-electron chi connectivity index (χ1n) is 6.29. The number of fused-ring (bicyclic) bond motifs is 1. The highest BCUT2D eigenvalue weighted by Gasteiger charge is 2.08. The van der Waals surface area contributed by atoms with Crippen molar-refractivity contribution in [2.75, 3.05) is 6.54 Å². The Balaban J connectivity index is 1.96. The fourth-order valence-corrected chi connectivity index (χ4v) is 2.73. The second-order valence-electron chi connectivity index (χ2n) is 4.17. The molecule has 0 spiro atoms. The lowest BCUT2D eigenvalue weighted by Gasteiger charge is -2.00. The Hall–Kier alpha value is -1.33. The molecule has 0 fully saturated rings. The van der Waals surface area contributed by atoms with Gasteiger partial charge >= 0.3 is 0 Å². The van der Waals surface area contributed by atoms with E-state index in [0.717, 1.165) is 29.9 Å². The van der Waals surface area contributed by atoms with Crippen molar-refractivity contribution in [1.82, 2.24) is 14.7 Å². The number of aromatic nitrogens is 2. The smallest absolute Gasteiger partial charge is 0.244 e. The minimum absolute atomic E-state index is 0.0997. The molecule has 0 unspecified atom stereocenters. The van der Waals surface area contributed by atoms with Gasteiger partial charge < -0.3 is 5.32 Å². The Morgan fingerprint density at radius 1 is 1.58 bits per heavy atom. The predicted molar refractivity (Wildman–Crippen MR) is 79.6 cm³/mol. The zero-order valence-electron chi connectivity index (χ0n) is 10.7. The number of rotatable bonds is 6. The third-order valence-electron chi connectivity index (χ3n) is 2.73. The number of carbonyl (C=O) groups excluding carboxylic acids is 1. The summed E-state index contributed by atoms with van der Waals surface area (Å²) in [5.74, 6) is -0.0997. The third kappa shape index (κ3) is 3.58. The predicted octanol–water partition coefficient (Wildman–Crippen LogP) is 3.37. The lowest BCUT2D eigenvalue weighted by Crippen LogP contribution is -2.21. The van der Waals surface area contributed by atoms with E-state index in [1.165, 1.54) is 17.4 Å². The van der Waals surface area contributed by atoms with E-state index in [2.05, 4.69) is 17.2 Å². The molecule has 2 rings (SSSR count). The van der Waals surface area contributed by atoms with Gasteiger partial charge in [0.15, 0.2) is 10.1 Å². The minimum Gasteiger partial charge on any atom is -0.353 e. The number of amides is 1. The summed E-state index contributed by atoms with van der Waals surface area (Å²) >= 11 is 7.54. The number of thiazole rings is 1. The highest BCUT2D eigenvalue weighted by Crippen LogP contribution is 2.22. The van der Waals surface area contributed by atoms with Crippen LogP contribution in [0, 0.1) is 0 Å². The van der Waals surface area contributed by atoms with Gasteiger partial charge in [-0.25, -0.2) is 4.98 Å². The molecule has 4 nitrogen and oxygen atoms in total. The Labute approximate surface area is 121 Å². The third-order valence-corrected chi connectivity index (χ3v) is 3.76.